The second kappa shape index (κ2) is 3.24. The molecule has 0 radical (unpaired) electrons. The number of nitrogens with zero attached hydrogens (tertiary/aromatic N) is 3. The molecular weight excluding hydrogens is 166 g/mol. The summed E-state index contributed by atoms with van der Waals surface area (Å²) in [6.07, 6.45) is -1.44. The number of nitrogens with one attached hydrogen (secondary N) is 1. The number of nitrogens with two attached hydrogens (primary N) is 1. The molecule has 0 spiro atoms. The third-order valence-corrected chi connectivity index (χ3v) is 1.25. The maximum absolute atomic E-state index is 10.3. The Hall–Kier alpha value is -1.54. The van der Waals surface area contributed by atoms with Gasteiger partial charge in [-0.3, -0.25) is 4.79 Å². The predicted molar refractivity (Wildman–Crippen MR) is 34.7 cm³/mol. The topological polar surface area (TPSA) is 138 Å². The first-order valence-electron chi connectivity index (χ1n) is 3.02. The number of hydrogen-bond donors (Lipinski definition) is 4. The number of aliphatic carboxylic acids is 1. The van der Waals surface area contributed by atoms with Gasteiger partial charge in [0.2, 0.25) is 5.82 Å². The fourth-order valence-corrected chi connectivity index (χ4v) is 0.590. The minimum Gasteiger partial charge on any atom is -0.480 e. The highest BCUT2D eigenvalue weighted by molar-refractivity contribution is 5.73. The second-order valence-corrected chi connectivity index (χ2v) is 2.08. The maximum atomic E-state index is 10.3. The molecule has 1 aromatic rings. The molecule has 0 aliphatic rings. The average Bonchev–Trinajstić information content (AvgIpc) is 2.53. The third kappa shape index (κ3) is 1.54. The molecule has 8 nitrogen and oxygen atoms in total. The second-order valence-electron chi connectivity index (χ2n) is 2.08. The first-order chi connectivity index (χ1) is 5.63. The van der Waals surface area contributed by atoms with Crippen LogP contribution in [0.3, 0.4) is 0 Å². The molecule has 0 aliphatic heterocycles. The summed E-state index contributed by atoms with van der Waals surface area (Å²) in [5.41, 5.74) is 5.08. The minimum absolute atomic E-state index is 0.134. The number of carboxylic acids is 1. The summed E-state index contributed by atoms with van der Waals surface area (Å²) >= 11 is 0. The molecule has 8 heteroatoms. The van der Waals surface area contributed by atoms with Crippen LogP contribution in [-0.4, -0.2) is 42.8 Å². The minimum atomic E-state index is -1.44. The number of carbonyl (C=O) groups is 1. The van der Waals surface area contributed by atoms with Crippen molar-refractivity contribution in [3.05, 3.63) is 5.82 Å². The number of aromatic nitrogens is 4. The number of aromatic amines is 1. The number of carboxylic acid groups (broad SMARTS) is 1. The van der Waals surface area contributed by atoms with Gasteiger partial charge >= 0.3 is 5.97 Å². The van der Waals surface area contributed by atoms with Crippen LogP contribution in [0.4, 0.5) is 0 Å². The number of aliphatic hydroxyl groups excluding tert-OH is 1. The summed E-state index contributed by atoms with van der Waals surface area (Å²) in [6, 6.07) is -1.44. The number of H-pyrrole nitrogens is 1. The largest absolute Gasteiger partial charge is 0.480 e. The van der Waals surface area contributed by atoms with Crippen LogP contribution in [0.25, 0.3) is 0 Å². The van der Waals surface area contributed by atoms with Crippen LogP contribution in [-0.2, 0) is 4.79 Å². The van der Waals surface area contributed by atoms with Crippen molar-refractivity contribution in [3.8, 4) is 0 Å². The van der Waals surface area contributed by atoms with Crippen LogP contribution < -0.4 is 5.73 Å². The van der Waals surface area contributed by atoms with Gasteiger partial charge < -0.3 is 15.9 Å². The van der Waals surface area contributed by atoms with Crippen LogP contribution >= 0.6 is 0 Å². The normalized spacial score (nSPS) is 15.5. The Morgan fingerprint density at radius 1 is 1.67 bits per heavy atom. The summed E-state index contributed by atoms with van der Waals surface area (Å²) in [7, 11) is 0. The Kier molecular flexibility index (Phi) is 2.31. The molecule has 66 valence electrons. The number of hydrogen-bond acceptors (Lipinski definition) is 6. The standard InChI is InChI=1S/C4H7N5O3/c5-1(4(11)12)2(10)3-6-8-9-7-3/h1-2,10H,5H2,(H,11,12)(H,6,7,8,9). The lowest BCUT2D eigenvalue weighted by Crippen LogP contribution is -2.37. The third-order valence-electron chi connectivity index (χ3n) is 1.25. The van der Waals surface area contributed by atoms with Crippen LogP contribution in [0.2, 0.25) is 0 Å². The maximum Gasteiger partial charge on any atom is 0.323 e. The fraction of sp³-hybridized carbons (Fsp3) is 0.500. The van der Waals surface area contributed by atoms with Crippen molar-refractivity contribution >= 4 is 5.97 Å². The molecule has 0 bridgehead atoms. The zero-order valence-corrected chi connectivity index (χ0v) is 5.88. The van der Waals surface area contributed by atoms with Crippen molar-refractivity contribution in [2.45, 2.75) is 12.1 Å². The van der Waals surface area contributed by atoms with E-state index >= 15 is 0 Å². The molecule has 2 unspecified atom stereocenters. The van der Waals surface area contributed by atoms with Crippen molar-refractivity contribution in [2.75, 3.05) is 0 Å². The number of aliphatic hydroxyl groups is 1. The Morgan fingerprint density at radius 3 is 2.75 bits per heavy atom. The lowest BCUT2D eigenvalue weighted by Gasteiger charge is -2.09. The van der Waals surface area contributed by atoms with Crippen molar-refractivity contribution in [1.29, 1.82) is 0 Å². The molecule has 0 fully saturated rings. The number of rotatable bonds is 3. The van der Waals surface area contributed by atoms with Crippen LogP contribution in [0.1, 0.15) is 11.9 Å². The van der Waals surface area contributed by atoms with Gasteiger partial charge in [0, 0.05) is 0 Å². The molecule has 0 aromatic carbocycles. The molecule has 1 aromatic heterocycles. The van der Waals surface area contributed by atoms with Gasteiger partial charge in [0.05, 0.1) is 0 Å². The van der Waals surface area contributed by atoms with Gasteiger partial charge in [-0.1, -0.05) is 5.21 Å². The Labute approximate surface area is 66.4 Å². The van der Waals surface area contributed by atoms with E-state index in [1.807, 2.05) is 0 Å². The van der Waals surface area contributed by atoms with E-state index in [2.05, 4.69) is 20.6 Å². The van der Waals surface area contributed by atoms with Gasteiger partial charge in [-0.05, 0) is 0 Å². The SMILES string of the molecule is NC(C(=O)O)C(O)c1nn[nH]n1. The Balaban J connectivity index is 2.71. The molecule has 5 N–H and O–H groups in total. The summed E-state index contributed by atoms with van der Waals surface area (Å²) < 4.78 is 0. The summed E-state index contributed by atoms with van der Waals surface area (Å²) in [5.74, 6) is -1.46. The summed E-state index contributed by atoms with van der Waals surface area (Å²) in [6.45, 7) is 0. The van der Waals surface area contributed by atoms with Crippen LogP contribution in [0.15, 0.2) is 0 Å². The van der Waals surface area contributed by atoms with Crippen LogP contribution in [0.5, 0.6) is 0 Å². The zero-order chi connectivity index (χ0) is 9.14. The van der Waals surface area contributed by atoms with Gasteiger partial charge in [0.25, 0.3) is 0 Å². The highest BCUT2D eigenvalue weighted by atomic mass is 16.4. The molecule has 1 heterocycles. The molecular formula is C4H7N5O3. The fourth-order valence-electron chi connectivity index (χ4n) is 0.590. The highest BCUT2D eigenvalue weighted by Crippen LogP contribution is 2.08. The molecule has 2 atom stereocenters. The van der Waals surface area contributed by atoms with E-state index in [0.29, 0.717) is 0 Å². The van der Waals surface area contributed by atoms with Crippen molar-refractivity contribution in [2.24, 2.45) is 5.73 Å². The predicted octanol–water partition coefficient (Wildman–Crippen LogP) is -2.35. The van der Waals surface area contributed by atoms with E-state index in [0.717, 1.165) is 0 Å². The highest BCUT2D eigenvalue weighted by Gasteiger charge is 2.26. The first-order valence-corrected chi connectivity index (χ1v) is 3.02. The Bertz CT molecular complexity index is 260. The average molecular weight is 173 g/mol. The quantitative estimate of drug-likeness (QED) is 0.401. The van der Waals surface area contributed by atoms with Gasteiger partial charge in [0.15, 0.2) is 0 Å². The Morgan fingerprint density at radius 2 is 2.33 bits per heavy atom. The van der Waals surface area contributed by atoms with Gasteiger partial charge in [0.1, 0.15) is 12.1 Å². The van der Waals surface area contributed by atoms with E-state index in [4.69, 9.17) is 15.9 Å². The smallest absolute Gasteiger partial charge is 0.323 e. The van der Waals surface area contributed by atoms with Gasteiger partial charge in [-0.25, -0.2) is 0 Å². The molecule has 0 saturated heterocycles. The molecule has 1 rings (SSSR count). The monoisotopic (exact) mass is 173 g/mol. The van der Waals surface area contributed by atoms with Crippen LogP contribution in [0, 0.1) is 0 Å². The van der Waals surface area contributed by atoms with E-state index < -0.39 is 18.1 Å². The van der Waals surface area contributed by atoms with Crippen molar-refractivity contribution < 1.29 is 15.0 Å². The lowest BCUT2D eigenvalue weighted by molar-refractivity contribution is -0.141. The lowest BCUT2D eigenvalue weighted by atomic mass is 10.2. The first kappa shape index (κ1) is 8.56. The molecule has 0 amide bonds. The summed E-state index contributed by atoms with van der Waals surface area (Å²) in [4.78, 5) is 10.3. The van der Waals surface area contributed by atoms with Gasteiger partial charge in [-0.2, -0.15) is 5.21 Å². The van der Waals surface area contributed by atoms with Crippen molar-refractivity contribution in [3.63, 3.8) is 0 Å². The van der Waals surface area contributed by atoms with Gasteiger partial charge in [-0.15, -0.1) is 10.2 Å². The molecule has 12 heavy (non-hydrogen) atoms. The zero-order valence-electron chi connectivity index (χ0n) is 5.88. The molecule has 0 aliphatic carbocycles. The van der Waals surface area contributed by atoms with Crippen molar-refractivity contribution in [1.82, 2.24) is 20.6 Å². The van der Waals surface area contributed by atoms with E-state index in [-0.39, 0.29) is 5.82 Å². The summed E-state index contributed by atoms with van der Waals surface area (Å²) in [5, 5.41) is 29.5. The van der Waals surface area contributed by atoms with E-state index in [1.54, 1.807) is 0 Å². The van der Waals surface area contributed by atoms with E-state index in [9.17, 15) is 4.79 Å². The van der Waals surface area contributed by atoms with E-state index in [1.165, 1.54) is 0 Å². The molecule has 0 saturated carbocycles. The number of tetrazole rings is 1.